The molecule has 0 aliphatic heterocycles. The Labute approximate surface area is 136 Å². The molecular weight excluding hydrogens is 314 g/mol. The summed E-state index contributed by atoms with van der Waals surface area (Å²) >= 11 is 0. The van der Waals surface area contributed by atoms with Crippen molar-refractivity contribution >= 4 is 15.9 Å². The minimum Gasteiger partial charge on any atom is -0.269 e. The predicted octanol–water partition coefficient (Wildman–Crippen LogP) is 2.67. The number of amides is 1. The van der Waals surface area contributed by atoms with Crippen molar-refractivity contribution in [1.82, 2.24) is 14.5 Å². The lowest BCUT2D eigenvalue weighted by atomic mass is 10.2. The Hall–Kier alpha value is -2.15. The number of carbonyl (C=O) groups excluding carboxylic acids is 1. The molecule has 124 valence electrons. The van der Waals surface area contributed by atoms with Crippen LogP contribution < -0.4 is 4.72 Å². The Kier molecular flexibility index (Phi) is 5.20. The van der Waals surface area contributed by atoms with E-state index >= 15 is 0 Å². The molecule has 0 bridgehead atoms. The van der Waals surface area contributed by atoms with Gasteiger partial charge in [-0.25, -0.2) is 13.1 Å². The van der Waals surface area contributed by atoms with Gasteiger partial charge in [-0.1, -0.05) is 32.0 Å². The second-order valence-corrected chi connectivity index (χ2v) is 7.00. The third-order valence-corrected chi connectivity index (χ3v) is 5.26. The largest absolute Gasteiger partial charge is 0.285 e. The first-order valence-corrected chi connectivity index (χ1v) is 9.05. The lowest BCUT2D eigenvalue weighted by Crippen LogP contribution is -2.31. The van der Waals surface area contributed by atoms with Crippen LogP contribution in [-0.2, 0) is 10.0 Å². The first-order chi connectivity index (χ1) is 10.9. The van der Waals surface area contributed by atoms with Crippen molar-refractivity contribution in [3.63, 3.8) is 0 Å². The van der Waals surface area contributed by atoms with Crippen molar-refractivity contribution in [2.24, 2.45) is 0 Å². The van der Waals surface area contributed by atoms with Gasteiger partial charge in [-0.3, -0.25) is 9.48 Å². The second kappa shape index (κ2) is 6.95. The summed E-state index contributed by atoms with van der Waals surface area (Å²) < 4.78 is 28.4. The van der Waals surface area contributed by atoms with E-state index in [1.165, 1.54) is 12.1 Å². The molecule has 23 heavy (non-hydrogen) atoms. The molecule has 0 radical (unpaired) electrons. The van der Waals surface area contributed by atoms with E-state index < -0.39 is 15.9 Å². The molecule has 1 aromatic carbocycles. The maximum Gasteiger partial charge on any atom is 0.285 e. The number of rotatable bonds is 6. The van der Waals surface area contributed by atoms with E-state index in [0.29, 0.717) is 5.56 Å². The van der Waals surface area contributed by atoms with Crippen LogP contribution >= 0.6 is 0 Å². The van der Waals surface area contributed by atoms with E-state index in [2.05, 4.69) is 9.82 Å². The normalized spacial score (nSPS) is 11.7. The highest BCUT2D eigenvalue weighted by atomic mass is 32.2. The van der Waals surface area contributed by atoms with E-state index in [4.69, 9.17) is 0 Å². The molecule has 2 rings (SSSR count). The molecule has 2 aromatic rings. The zero-order valence-electron chi connectivity index (χ0n) is 13.5. The molecule has 0 aliphatic carbocycles. The minimum atomic E-state index is -3.91. The Morgan fingerprint density at radius 1 is 1.22 bits per heavy atom. The van der Waals surface area contributed by atoms with Crippen molar-refractivity contribution in [1.29, 1.82) is 0 Å². The number of aromatic nitrogens is 2. The van der Waals surface area contributed by atoms with E-state index in [0.717, 1.165) is 12.8 Å². The number of carbonyl (C=O) groups is 1. The topological polar surface area (TPSA) is 81.1 Å². The molecule has 1 N–H and O–H groups in total. The highest BCUT2D eigenvalue weighted by molar-refractivity contribution is 7.90. The highest BCUT2D eigenvalue weighted by Crippen LogP contribution is 2.16. The number of sulfonamides is 1. The molecule has 0 saturated heterocycles. The smallest absolute Gasteiger partial charge is 0.269 e. The van der Waals surface area contributed by atoms with Crippen molar-refractivity contribution in [3.8, 4) is 0 Å². The van der Waals surface area contributed by atoms with Crippen LogP contribution in [-0.4, -0.2) is 24.1 Å². The third kappa shape index (κ3) is 3.79. The van der Waals surface area contributed by atoms with Crippen molar-refractivity contribution in [2.45, 2.75) is 44.6 Å². The van der Waals surface area contributed by atoms with Crippen LogP contribution in [0.3, 0.4) is 0 Å². The fourth-order valence-electron chi connectivity index (χ4n) is 2.41. The Bertz CT molecular complexity index is 792. The van der Waals surface area contributed by atoms with Crippen molar-refractivity contribution in [3.05, 3.63) is 47.8 Å². The number of hydrogen-bond donors (Lipinski definition) is 1. The van der Waals surface area contributed by atoms with Crippen LogP contribution in [0.15, 0.2) is 41.4 Å². The van der Waals surface area contributed by atoms with Gasteiger partial charge >= 0.3 is 0 Å². The van der Waals surface area contributed by atoms with Gasteiger partial charge in [-0.2, -0.15) is 5.10 Å². The molecule has 0 fully saturated rings. The van der Waals surface area contributed by atoms with Crippen LogP contribution in [0.1, 0.15) is 48.8 Å². The van der Waals surface area contributed by atoms with Gasteiger partial charge in [0.15, 0.2) is 5.69 Å². The highest BCUT2D eigenvalue weighted by Gasteiger charge is 2.22. The molecule has 0 aliphatic rings. The molecule has 0 unspecified atom stereocenters. The van der Waals surface area contributed by atoms with Crippen molar-refractivity contribution in [2.75, 3.05) is 0 Å². The average molecular weight is 335 g/mol. The zero-order chi connectivity index (χ0) is 17.0. The average Bonchev–Trinajstić information content (AvgIpc) is 2.98. The van der Waals surface area contributed by atoms with Gasteiger partial charge < -0.3 is 0 Å². The summed E-state index contributed by atoms with van der Waals surface area (Å²) in [6.07, 6.45) is 3.48. The summed E-state index contributed by atoms with van der Waals surface area (Å²) in [4.78, 5) is 12.3. The third-order valence-electron chi connectivity index (χ3n) is 3.77. The molecule has 1 aromatic heterocycles. The molecule has 0 spiro atoms. The van der Waals surface area contributed by atoms with Gasteiger partial charge in [-0.15, -0.1) is 0 Å². The SMILES string of the molecule is CCC(CC)n1ccc(C(=O)NS(=O)(=O)c2ccccc2C)n1. The van der Waals surface area contributed by atoms with Crippen LogP contribution in [0, 0.1) is 6.92 Å². The first-order valence-electron chi connectivity index (χ1n) is 7.57. The van der Waals surface area contributed by atoms with Crippen LogP contribution in [0.4, 0.5) is 0 Å². The molecule has 0 saturated carbocycles. The molecular formula is C16H21N3O3S. The number of benzene rings is 1. The fourth-order valence-corrected chi connectivity index (χ4v) is 3.62. The van der Waals surface area contributed by atoms with Gasteiger partial charge in [0.2, 0.25) is 0 Å². The maximum absolute atomic E-state index is 12.3. The Morgan fingerprint density at radius 2 is 1.87 bits per heavy atom. The Morgan fingerprint density at radius 3 is 2.48 bits per heavy atom. The van der Waals surface area contributed by atoms with E-state index in [-0.39, 0.29) is 16.6 Å². The standard InChI is InChI=1S/C16H21N3O3S/c1-4-13(5-2)19-11-10-14(17-19)16(20)18-23(21,22)15-9-7-6-8-12(15)3/h6-11,13H,4-5H2,1-3H3,(H,18,20). The van der Waals surface area contributed by atoms with E-state index in [1.54, 1.807) is 36.0 Å². The first kappa shape index (κ1) is 17.2. The summed E-state index contributed by atoms with van der Waals surface area (Å²) in [6.45, 7) is 5.76. The summed E-state index contributed by atoms with van der Waals surface area (Å²) in [7, 11) is -3.91. The summed E-state index contributed by atoms with van der Waals surface area (Å²) in [5.41, 5.74) is 0.671. The predicted molar refractivity (Wildman–Crippen MR) is 87.7 cm³/mol. The van der Waals surface area contributed by atoms with Crippen LogP contribution in [0.5, 0.6) is 0 Å². The molecule has 7 heteroatoms. The number of nitrogens with zero attached hydrogens (tertiary/aromatic N) is 2. The van der Waals surface area contributed by atoms with E-state index in [9.17, 15) is 13.2 Å². The van der Waals surface area contributed by atoms with Crippen LogP contribution in [0.2, 0.25) is 0 Å². The van der Waals surface area contributed by atoms with Gasteiger partial charge in [0, 0.05) is 6.20 Å². The van der Waals surface area contributed by atoms with Crippen molar-refractivity contribution < 1.29 is 13.2 Å². The molecule has 1 heterocycles. The number of aryl methyl sites for hydroxylation is 1. The quantitative estimate of drug-likeness (QED) is 0.880. The lowest BCUT2D eigenvalue weighted by Gasteiger charge is -2.12. The van der Waals surface area contributed by atoms with Gasteiger partial charge in [0.1, 0.15) is 0 Å². The van der Waals surface area contributed by atoms with Crippen LogP contribution in [0.25, 0.3) is 0 Å². The zero-order valence-corrected chi connectivity index (χ0v) is 14.3. The molecule has 1 amide bonds. The molecule has 6 nitrogen and oxygen atoms in total. The summed E-state index contributed by atoms with van der Waals surface area (Å²) in [5.74, 6) is -0.724. The monoisotopic (exact) mass is 335 g/mol. The summed E-state index contributed by atoms with van der Waals surface area (Å²) in [5, 5.41) is 4.19. The minimum absolute atomic E-state index is 0.0905. The summed E-state index contributed by atoms with van der Waals surface area (Å²) in [6, 6.07) is 8.24. The molecule has 0 atom stereocenters. The van der Waals surface area contributed by atoms with Gasteiger partial charge in [0.05, 0.1) is 10.9 Å². The van der Waals surface area contributed by atoms with Gasteiger partial charge in [-0.05, 0) is 37.5 Å². The Balaban J connectivity index is 2.21. The fraction of sp³-hybridized carbons (Fsp3) is 0.375. The maximum atomic E-state index is 12.3. The number of nitrogens with one attached hydrogen (secondary N) is 1. The van der Waals surface area contributed by atoms with E-state index in [1.807, 2.05) is 13.8 Å². The number of hydrogen-bond acceptors (Lipinski definition) is 4. The van der Waals surface area contributed by atoms with Gasteiger partial charge in [0.25, 0.3) is 15.9 Å². The lowest BCUT2D eigenvalue weighted by molar-refractivity contribution is 0.0975. The second-order valence-electron chi connectivity index (χ2n) is 5.35.